The molecule has 13 heavy (non-hydrogen) atoms. The van der Waals surface area contributed by atoms with E-state index in [-0.39, 0.29) is 11.5 Å². The summed E-state index contributed by atoms with van der Waals surface area (Å²) in [5, 5.41) is 20.2. The first kappa shape index (κ1) is 9.25. The van der Waals surface area contributed by atoms with E-state index in [0.29, 0.717) is 5.56 Å². The third-order valence-corrected chi connectivity index (χ3v) is 1.59. The molecule has 0 aliphatic heterocycles. The van der Waals surface area contributed by atoms with Crippen LogP contribution in [-0.2, 0) is 0 Å². The third-order valence-electron chi connectivity index (χ3n) is 1.59. The van der Waals surface area contributed by atoms with E-state index in [1.54, 1.807) is 6.07 Å². The van der Waals surface area contributed by atoms with Crippen LogP contribution in [0.5, 0.6) is 5.75 Å². The van der Waals surface area contributed by atoms with E-state index in [4.69, 9.17) is 10.3 Å². The number of hydrogen-bond donors (Lipinski definition) is 2. The van der Waals surface area contributed by atoms with Crippen molar-refractivity contribution in [1.29, 1.82) is 0 Å². The molecule has 4 nitrogen and oxygen atoms in total. The Balaban J connectivity index is 3.03. The lowest BCUT2D eigenvalue weighted by molar-refractivity contribution is 0.106. The molecule has 0 aliphatic rings. The highest BCUT2D eigenvalue weighted by Gasteiger charge is 2.09. The summed E-state index contributed by atoms with van der Waals surface area (Å²) in [5.74, 6) is -0.394. The zero-order valence-corrected chi connectivity index (χ0v) is 7.06. The van der Waals surface area contributed by atoms with Crippen LogP contribution in [0.15, 0.2) is 29.4 Å². The highest BCUT2D eigenvalue weighted by Crippen LogP contribution is 2.11. The van der Waals surface area contributed by atoms with E-state index in [1.807, 2.05) is 0 Å². The molecule has 1 rings (SSSR count). The Morgan fingerprint density at radius 1 is 1.46 bits per heavy atom. The summed E-state index contributed by atoms with van der Waals surface area (Å²) in [6.07, 6.45) is 0. The van der Waals surface area contributed by atoms with Gasteiger partial charge in [0.2, 0.25) is 5.78 Å². The molecule has 1 aromatic carbocycles. The fourth-order valence-corrected chi connectivity index (χ4v) is 0.901. The number of phenolic OH excluding ortho intramolecular Hbond substituents is 1. The van der Waals surface area contributed by atoms with Crippen molar-refractivity contribution in [2.45, 2.75) is 6.92 Å². The molecule has 0 bridgehead atoms. The van der Waals surface area contributed by atoms with Gasteiger partial charge in [0.1, 0.15) is 11.5 Å². The van der Waals surface area contributed by atoms with Gasteiger partial charge in [-0.1, -0.05) is 17.3 Å². The molecule has 0 unspecified atom stereocenters. The normalized spacial score (nSPS) is 11.3. The quantitative estimate of drug-likeness (QED) is 0.312. The molecule has 0 radical (unpaired) electrons. The maximum Gasteiger partial charge on any atom is 0.210 e. The monoisotopic (exact) mass is 179 g/mol. The van der Waals surface area contributed by atoms with Crippen molar-refractivity contribution in [2.75, 3.05) is 0 Å². The van der Waals surface area contributed by atoms with Gasteiger partial charge >= 0.3 is 0 Å². The van der Waals surface area contributed by atoms with Gasteiger partial charge in [-0.25, -0.2) is 0 Å². The SMILES string of the molecule is C/C(=N/O)C(=O)c1cccc(O)c1. The maximum atomic E-state index is 11.3. The lowest BCUT2D eigenvalue weighted by atomic mass is 10.1. The Kier molecular flexibility index (Phi) is 2.64. The predicted molar refractivity (Wildman–Crippen MR) is 47.3 cm³/mol. The topological polar surface area (TPSA) is 69.9 Å². The molecule has 0 heterocycles. The number of rotatable bonds is 2. The second-order valence-corrected chi connectivity index (χ2v) is 2.56. The van der Waals surface area contributed by atoms with Crippen molar-refractivity contribution in [3.63, 3.8) is 0 Å². The van der Waals surface area contributed by atoms with E-state index < -0.39 is 5.78 Å². The lowest BCUT2D eigenvalue weighted by Crippen LogP contribution is -2.09. The van der Waals surface area contributed by atoms with Gasteiger partial charge in [0.25, 0.3) is 0 Å². The van der Waals surface area contributed by atoms with E-state index >= 15 is 0 Å². The standard InChI is InChI=1S/C9H9NO3/c1-6(10-13)9(12)7-3-2-4-8(11)5-7/h2-5,11,13H,1H3/b10-6-. The summed E-state index contributed by atoms with van der Waals surface area (Å²) in [6.45, 7) is 1.40. The van der Waals surface area contributed by atoms with Crippen LogP contribution in [0.3, 0.4) is 0 Å². The average Bonchev–Trinajstić information content (AvgIpc) is 2.15. The number of carbonyl (C=O) groups excluding carboxylic acids is 1. The van der Waals surface area contributed by atoms with Gasteiger partial charge < -0.3 is 10.3 Å². The van der Waals surface area contributed by atoms with E-state index in [0.717, 1.165) is 0 Å². The average molecular weight is 179 g/mol. The van der Waals surface area contributed by atoms with Crippen LogP contribution in [0.1, 0.15) is 17.3 Å². The Hall–Kier alpha value is -1.84. The van der Waals surface area contributed by atoms with Crippen molar-refractivity contribution in [1.82, 2.24) is 0 Å². The van der Waals surface area contributed by atoms with Crippen molar-refractivity contribution in [3.05, 3.63) is 29.8 Å². The van der Waals surface area contributed by atoms with Crippen LogP contribution in [-0.4, -0.2) is 21.8 Å². The van der Waals surface area contributed by atoms with Crippen LogP contribution in [0.2, 0.25) is 0 Å². The van der Waals surface area contributed by atoms with Crippen LogP contribution in [0.4, 0.5) is 0 Å². The van der Waals surface area contributed by atoms with Gasteiger partial charge in [0.15, 0.2) is 0 Å². The van der Waals surface area contributed by atoms with Gasteiger partial charge in [-0.3, -0.25) is 4.79 Å². The molecule has 0 amide bonds. The summed E-state index contributed by atoms with van der Waals surface area (Å²) < 4.78 is 0. The second kappa shape index (κ2) is 3.71. The summed E-state index contributed by atoms with van der Waals surface area (Å²) in [7, 11) is 0. The van der Waals surface area contributed by atoms with Crippen molar-refractivity contribution < 1.29 is 15.1 Å². The highest BCUT2D eigenvalue weighted by atomic mass is 16.4. The van der Waals surface area contributed by atoms with Crippen molar-refractivity contribution in [3.8, 4) is 5.75 Å². The summed E-state index contributed by atoms with van der Waals surface area (Å²) in [4.78, 5) is 11.3. The number of Topliss-reactive ketones (excluding diaryl/α,β-unsaturated/α-hetero) is 1. The number of benzene rings is 1. The Morgan fingerprint density at radius 2 is 2.15 bits per heavy atom. The van der Waals surface area contributed by atoms with Crippen molar-refractivity contribution in [2.24, 2.45) is 5.16 Å². The Bertz CT molecular complexity index is 358. The predicted octanol–water partition coefficient (Wildman–Crippen LogP) is 1.42. The summed E-state index contributed by atoms with van der Waals surface area (Å²) in [6, 6.07) is 5.86. The molecule has 4 heteroatoms. The molecule has 0 spiro atoms. The van der Waals surface area contributed by atoms with E-state index in [9.17, 15) is 4.79 Å². The molecule has 0 saturated heterocycles. The maximum absolute atomic E-state index is 11.3. The minimum absolute atomic E-state index is 0.00870. The molecule has 1 aromatic rings. The minimum atomic E-state index is -0.404. The van der Waals surface area contributed by atoms with Crippen LogP contribution >= 0.6 is 0 Å². The molecule has 0 fully saturated rings. The van der Waals surface area contributed by atoms with Gasteiger partial charge in [0.05, 0.1) is 0 Å². The van der Waals surface area contributed by atoms with Gasteiger partial charge in [0, 0.05) is 5.56 Å². The number of oxime groups is 1. The first-order valence-corrected chi connectivity index (χ1v) is 3.67. The zero-order chi connectivity index (χ0) is 9.84. The highest BCUT2D eigenvalue weighted by molar-refractivity contribution is 6.45. The van der Waals surface area contributed by atoms with Crippen LogP contribution in [0.25, 0.3) is 0 Å². The fraction of sp³-hybridized carbons (Fsp3) is 0.111. The van der Waals surface area contributed by atoms with Gasteiger partial charge in [-0.05, 0) is 19.1 Å². The number of carbonyl (C=O) groups is 1. The van der Waals surface area contributed by atoms with E-state index in [2.05, 4.69) is 5.16 Å². The van der Waals surface area contributed by atoms with E-state index in [1.165, 1.54) is 25.1 Å². The van der Waals surface area contributed by atoms with Crippen LogP contribution < -0.4 is 0 Å². The molecule has 0 atom stereocenters. The Morgan fingerprint density at radius 3 is 2.69 bits per heavy atom. The molecule has 2 N–H and O–H groups in total. The zero-order valence-electron chi connectivity index (χ0n) is 7.06. The smallest absolute Gasteiger partial charge is 0.210 e. The number of ketones is 1. The van der Waals surface area contributed by atoms with Crippen LogP contribution in [0, 0.1) is 0 Å². The fourth-order valence-electron chi connectivity index (χ4n) is 0.901. The number of nitrogens with zero attached hydrogens (tertiary/aromatic N) is 1. The first-order chi connectivity index (χ1) is 6.15. The third kappa shape index (κ3) is 2.05. The molecular weight excluding hydrogens is 170 g/mol. The largest absolute Gasteiger partial charge is 0.508 e. The Labute approximate surface area is 75.1 Å². The number of aromatic hydroxyl groups is 1. The summed E-state index contributed by atoms with van der Waals surface area (Å²) >= 11 is 0. The summed E-state index contributed by atoms with van der Waals surface area (Å²) in [5.41, 5.74) is 0.293. The second-order valence-electron chi connectivity index (χ2n) is 2.56. The number of phenols is 1. The van der Waals surface area contributed by atoms with Gasteiger partial charge in [-0.15, -0.1) is 0 Å². The molecular formula is C9H9NO3. The molecule has 0 aliphatic carbocycles. The number of hydrogen-bond acceptors (Lipinski definition) is 4. The first-order valence-electron chi connectivity index (χ1n) is 3.67. The molecule has 0 aromatic heterocycles. The molecule has 68 valence electrons. The minimum Gasteiger partial charge on any atom is -0.508 e. The van der Waals surface area contributed by atoms with Gasteiger partial charge in [-0.2, -0.15) is 0 Å². The lowest BCUT2D eigenvalue weighted by Gasteiger charge is -1.98. The van der Waals surface area contributed by atoms with Crippen molar-refractivity contribution >= 4 is 11.5 Å². The molecule has 0 saturated carbocycles.